The highest BCUT2D eigenvalue weighted by molar-refractivity contribution is 4.92. The van der Waals surface area contributed by atoms with Gasteiger partial charge in [-0.25, -0.2) is 8.78 Å². The van der Waals surface area contributed by atoms with Crippen LogP contribution in [-0.4, -0.2) is 80.4 Å². The van der Waals surface area contributed by atoms with E-state index < -0.39 is 46.2 Å². The Balaban J connectivity index is -0.0000000621. The predicted octanol–water partition coefficient (Wildman–Crippen LogP) is 25.8. The molecule has 0 aromatic carbocycles. The van der Waals surface area contributed by atoms with Crippen molar-refractivity contribution in [1.29, 1.82) is 0 Å². The van der Waals surface area contributed by atoms with Gasteiger partial charge in [-0.1, -0.05) is 294 Å². The minimum Gasteiger partial charge on any atom is -0.392 e. The van der Waals surface area contributed by atoms with Gasteiger partial charge >= 0.3 is 6.36 Å². The summed E-state index contributed by atoms with van der Waals surface area (Å²) in [6.07, 6.45) is -6.07. The maximum Gasteiger partial charge on any atom is 0.522 e. The second-order valence-corrected chi connectivity index (χ2v) is 36.5. The fourth-order valence-corrected chi connectivity index (χ4v) is 8.99. The van der Waals surface area contributed by atoms with Gasteiger partial charge < -0.3 is 24.1 Å². The zero-order valence-corrected chi connectivity index (χ0v) is 60.1. The summed E-state index contributed by atoms with van der Waals surface area (Å²) in [4.78, 5) is 0. The maximum absolute atomic E-state index is 14.3. The number of alkyl halides is 5. The third-order valence-electron chi connectivity index (χ3n) is 10.9. The molecule has 0 fully saturated rings. The van der Waals surface area contributed by atoms with Crippen molar-refractivity contribution in [1.82, 2.24) is 0 Å². The Bertz CT molecular complexity index is 1330. The van der Waals surface area contributed by atoms with Crippen LogP contribution in [0.5, 0.6) is 0 Å². The number of hydrogen-bond donors (Lipinski definition) is 1. The molecule has 11 heteroatoms. The highest BCUT2D eigenvalue weighted by Gasteiger charge is 2.52. The van der Waals surface area contributed by atoms with Crippen molar-refractivity contribution in [2.45, 2.75) is 383 Å². The van der Waals surface area contributed by atoms with E-state index in [1.54, 1.807) is 48.7 Å². The molecule has 524 valence electrons. The molecule has 0 radical (unpaired) electrons. The summed E-state index contributed by atoms with van der Waals surface area (Å²) in [6.45, 7) is 86.0. The molecule has 83 heavy (non-hydrogen) atoms. The molecule has 0 bridgehead atoms. The van der Waals surface area contributed by atoms with Crippen molar-refractivity contribution >= 4 is 0 Å². The first-order valence-corrected chi connectivity index (χ1v) is 28.4. The predicted molar refractivity (Wildman–Crippen MR) is 369 cm³/mol. The summed E-state index contributed by atoms with van der Waals surface area (Å²) in [6, 6.07) is 0. The van der Waals surface area contributed by atoms with Crippen LogP contribution in [0.4, 0.5) is 22.0 Å². The Morgan fingerprint density at radius 1 is 0.325 bits per heavy atom. The Kier molecular flexibility index (Phi) is 54.9. The molecule has 0 atom stereocenters. The van der Waals surface area contributed by atoms with E-state index in [1.807, 2.05) is 83.1 Å². The zero-order valence-electron chi connectivity index (χ0n) is 60.1. The Morgan fingerprint density at radius 2 is 0.530 bits per heavy atom. The Morgan fingerprint density at radius 3 is 0.554 bits per heavy atom. The first-order chi connectivity index (χ1) is 32.3. The van der Waals surface area contributed by atoms with Gasteiger partial charge in [-0.3, -0.25) is 4.74 Å². The molecule has 0 heterocycles. The van der Waals surface area contributed by atoms with Gasteiger partial charge in [-0.15, -0.1) is 13.2 Å². The maximum atomic E-state index is 14.3. The molecule has 6 nitrogen and oxygen atoms in total. The van der Waals surface area contributed by atoms with Crippen LogP contribution in [0.15, 0.2) is 0 Å². The van der Waals surface area contributed by atoms with Crippen molar-refractivity contribution in [2.75, 3.05) is 27.4 Å². The van der Waals surface area contributed by atoms with Crippen molar-refractivity contribution in [2.24, 2.45) is 65.0 Å². The van der Waals surface area contributed by atoms with Gasteiger partial charge in [0.15, 0.2) is 0 Å². The van der Waals surface area contributed by atoms with E-state index >= 15 is 0 Å². The minimum absolute atomic E-state index is 0. The van der Waals surface area contributed by atoms with Crippen molar-refractivity contribution in [3.8, 4) is 0 Å². The molecule has 0 amide bonds. The quantitative estimate of drug-likeness (QED) is 0.277. The van der Waals surface area contributed by atoms with Gasteiger partial charge in [-0.2, -0.15) is 0 Å². The van der Waals surface area contributed by atoms with Crippen molar-refractivity contribution in [3.63, 3.8) is 0 Å². The summed E-state index contributed by atoms with van der Waals surface area (Å²) in [7, 11) is 3.22. The fraction of sp³-hybridized carbons (Fsp3) is 1.00. The molecule has 1 N–H and O–H groups in total. The molecule has 0 spiro atoms. The summed E-state index contributed by atoms with van der Waals surface area (Å²) >= 11 is 0. The van der Waals surface area contributed by atoms with Crippen LogP contribution in [0, 0.1) is 65.0 Å². The number of methoxy groups -OCH3 is 2. The lowest BCUT2D eigenvalue weighted by atomic mass is 9.72. The second-order valence-electron chi connectivity index (χ2n) is 36.5. The van der Waals surface area contributed by atoms with Crippen LogP contribution in [0.1, 0.15) is 335 Å². The second kappa shape index (κ2) is 40.2. The average Bonchev–Trinajstić information content (AvgIpc) is 3.07. The van der Waals surface area contributed by atoms with Gasteiger partial charge in [0.2, 0.25) is 5.85 Å². The van der Waals surface area contributed by atoms with Crippen LogP contribution < -0.4 is 0 Å². The monoisotopic (exact) mass is 1220 g/mol. The van der Waals surface area contributed by atoms with Gasteiger partial charge in [0.05, 0.1) is 42.7 Å². The number of aliphatic hydroxyl groups excluding tert-OH is 1. The van der Waals surface area contributed by atoms with Gasteiger partial charge in [0, 0.05) is 25.0 Å². The normalized spacial score (nSPS) is 13.4. The molecule has 0 saturated heterocycles. The third kappa shape index (κ3) is 64.2. The summed E-state index contributed by atoms with van der Waals surface area (Å²) in [5, 5.41) is 9.72. The summed E-state index contributed by atoms with van der Waals surface area (Å²) in [5.41, 5.74) is -1.48. The lowest BCUT2D eigenvalue weighted by molar-refractivity contribution is -0.365. The van der Waals surface area contributed by atoms with Gasteiger partial charge in [0.25, 0.3) is 0 Å². The number of hydrogen-bond acceptors (Lipinski definition) is 6. The molecule has 0 aromatic heterocycles. The molecule has 0 unspecified atom stereocenters. The van der Waals surface area contributed by atoms with E-state index in [0.29, 0.717) is 6.10 Å². The SMILES string of the molecule is C.C.C.C.C.C.CC(C)(C)C(F)C(C)(C)C.CC(C)(C)C(O)C(C)(C)C.CC(C)(C)C(OC(F)(F)F)C(C)(C)C.CC(C)(C)COC(C)(C)C.CC(C)(C)COC(C)(C)C.COC(C(C)(C)C)C(C)(C)C.COC(F)(C(C)(C)C)C(C)(C)C. The topological polar surface area (TPSA) is 66.4 Å². The highest BCUT2D eigenvalue weighted by atomic mass is 19.4. The first kappa shape index (κ1) is 113. The average molecular weight is 1220 g/mol. The van der Waals surface area contributed by atoms with E-state index in [2.05, 4.69) is 171 Å². The van der Waals surface area contributed by atoms with E-state index in [-0.39, 0.29) is 105 Å². The lowest BCUT2D eigenvalue weighted by Gasteiger charge is -2.45. The molecule has 0 aliphatic rings. The van der Waals surface area contributed by atoms with Crippen LogP contribution in [-0.2, 0) is 23.7 Å². The molecule has 0 aliphatic carbocycles. The van der Waals surface area contributed by atoms with Gasteiger partial charge in [0.1, 0.15) is 6.17 Å². The molecular weight excluding hydrogens is 1060 g/mol. The number of rotatable bonds is 5. The van der Waals surface area contributed by atoms with E-state index in [4.69, 9.17) is 18.9 Å². The zero-order chi connectivity index (χ0) is 65.3. The molecule has 0 saturated carbocycles. The molecular formula is C72H165F5O6. The third-order valence-corrected chi connectivity index (χ3v) is 10.9. The van der Waals surface area contributed by atoms with Crippen LogP contribution in [0.25, 0.3) is 0 Å². The van der Waals surface area contributed by atoms with Crippen LogP contribution in [0.2, 0.25) is 0 Å². The van der Waals surface area contributed by atoms with Crippen molar-refractivity contribution < 1.29 is 50.7 Å². The first-order valence-electron chi connectivity index (χ1n) is 28.4. The standard InChI is InChI=1S/C10H19F3O.C10H21FO.C10H22O.C9H19F.3C9H20O.6CH4/c1-8(2,3)7(9(4,5)6)14-10(11,12)13;1-8(2,3)10(11,12-7)9(4,5)6;1-9(2,3)8(11-7)10(4,5)6;1-8(2,3)7(10)9(4,5)6;2*1-8(2,3)7-10-9(4,5)6;1-8(2,3)7(10)9(4,5)6;;;;;;/h7H,1-6H3;1-7H3;8H,1-7H3;7H,1-6H3;2*7H2,1-6H3;7,10H,1-6H3;6*1H4. The largest absolute Gasteiger partial charge is 0.522 e. The van der Waals surface area contributed by atoms with Crippen LogP contribution >= 0.6 is 0 Å². The number of ether oxygens (including phenoxy) is 5. The van der Waals surface area contributed by atoms with Crippen molar-refractivity contribution in [3.05, 3.63) is 0 Å². The fourth-order valence-electron chi connectivity index (χ4n) is 8.99. The van der Waals surface area contributed by atoms with E-state index in [0.717, 1.165) is 13.2 Å². The number of aliphatic hydroxyl groups is 1. The smallest absolute Gasteiger partial charge is 0.392 e. The molecule has 0 aromatic rings. The Labute approximate surface area is 524 Å². The number of halogens is 5. The highest BCUT2D eigenvalue weighted by Crippen LogP contribution is 2.47. The van der Waals surface area contributed by atoms with E-state index in [1.165, 1.54) is 7.11 Å². The minimum atomic E-state index is -4.56. The lowest BCUT2D eigenvalue weighted by Crippen LogP contribution is -2.50. The van der Waals surface area contributed by atoms with Crippen LogP contribution in [0.3, 0.4) is 0 Å². The van der Waals surface area contributed by atoms with Gasteiger partial charge in [-0.05, 0) is 95.7 Å². The molecule has 0 rings (SSSR count). The Hall–Kier alpha value is -0.590. The summed E-state index contributed by atoms with van der Waals surface area (Å²) < 4.78 is 90.0. The molecule has 0 aliphatic heterocycles. The van der Waals surface area contributed by atoms with E-state index in [9.17, 15) is 27.1 Å². The summed E-state index contributed by atoms with van der Waals surface area (Å²) in [5.74, 6) is -1.58.